The Morgan fingerprint density at radius 2 is 1.83 bits per heavy atom. The third kappa shape index (κ3) is 4.98. The second-order valence-electron chi connectivity index (χ2n) is 5.93. The van der Waals surface area contributed by atoms with Crippen LogP contribution in [-0.2, 0) is 22.3 Å². The summed E-state index contributed by atoms with van der Waals surface area (Å²) in [6.45, 7) is -0.705. The molecule has 0 bridgehead atoms. The first-order valence-electron chi connectivity index (χ1n) is 8.29. The van der Waals surface area contributed by atoms with Crippen molar-refractivity contribution in [3.63, 3.8) is 0 Å². The van der Waals surface area contributed by atoms with Gasteiger partial charge < -0.3 is 4.57 Å². The first kappa shape index (κ1) is 20.1. The van der Waals surface area contributed by atoms with Gasteiger partial charge in [-0.1, -0.05) is 24.3 Å². The second-order valence-corrected chi connectivity index (χ2v) is 5.93. The zero-order chi connectivity index (χ0) is 21.0. The maximum atomic E-state index is 13.2. The van der Waals surface area contributed by atoms with Crippen molar-refractivity contribution in [1.29, 1.82) is 0 Å². The molecular weight excluding hydrogens is 392 g/mol. The molecule has 1 aromatic heterocycles. The summed E-state index contributed by atoms with van der Waals surface area (Å²) in [5, 5.41) is 0. The van der Waals surface area contributed by atoms with Crippen LogP contribution < -0.4 is 10.9 Å². The molecule has 6 nitrogen and oxygen atoms in total. The van der Waals surface area contributed by atoms with Crippen LogP contribution in [-0.4, -0.2) is 21.4 Å². The number of amides is 2. The van der Waals surface area contributed by atoms with Crippen molar-refractivity contribution < 1.29 is 27.2 Å². The summed E-state index contributed by atoms with van der Waals surface area (Å²) in [5.41, 5.74) is 4.73. The smallest absolute Gasteiger partial charge is 0.311 e. The van der Waals surface area contributed by atoms with E-state index in [1.807, 2.05) is 5.43 Å². The summed E-state index contributed by atoms with van der Waals surface area (Å²) in [7, 11) is 0. The molecule has 0 fully saturated rings. The summed E-state index contributed by atoms with van der Waals surface area (Å²) < 4.78 is 53.5. The van der Waals surface area contributed by atoms with Crippen molar-refractivity contribution in [2.24, 2.45) is 0 Å². The second kappa shape index (κ2) is 8.13. The average molecular weight is 406 g/mol. The SMILES string of the molecule is O=C(/C=C/c1cccc(F)c1)NNC(=O)Cn1c(C(F)(F)F)nc2ccccc21. The maximum Gasteiger partial charge on any atom is 0.449 e. The van der Waals surface area contributed by atoms with Gasteiger partial charge in [-0.3, -0.25) is 20.4 Å². The molecule has 2 amide bonds. The van der Waals surface area contributed by atoms with Gasteiger partial charge in [-0.2, -0.15) is 13.2 Å². The Bertz CT molecular complexity index is 1090. The molecule has 0 atom stereocenters. The van der Waals surface area contributed by atoms with Crippen molar-refractivity contribution in [2.75, 3.05) is 0 Å². The molecule has 0 aliphatic rings. The number of halogens is 4. The number of hydrazine groups is 1. The molecule has 2 N–H and O–H groups in total. The molecule has 0 unspecified atom stereocenters. The minimum Gasteiger partial charge on any atom is -0.311 e. The summed E-state index contributed by atoms with van der Waals surface area (Å²) in [4.78, 5) is 27.3. The molecule has 0 saturated carbocycles. The van der Waals surface area contributed by atoms with Crippen LogP contribution in [0.5, 0.6) is 0 Å². The lowest BCUT2D eigenvalue weighted by molar-refractivity contribution is -0.147. The number of nitrogens with zero attached hydrogens (tertiary/aromatic N) is 2. The highest BCUT2D eigenvalue weighted by Gasteiger charge is 2.38. The van der Waals surface area contributed by atoms with Gasteiger partial charge in [0.25, 0.3) is 11.8 Å². The number of imidazole rings is 1. The van der Waals surface area contributed by atoms with Gasteiger partial charge in [0, 0.05) is 6.08 Å². The number of aromatic nitrogens is 2. The molecule has 3 rings (SSSR count). The minimum absolute atomic E-state index is 0.0923. The van der Waals surface area contributed by atoms with Gasteiger partial charge in [0.2, 0.25) is 5.82 Å². The first-order valence-corrected chi connectivity index (χ1v) is 8.29. The van der Waals surface area contributed by atoms with E-state index in [0.717, 1.165) is 10.6 Å². The van der Waals surface area contributed by atoms with E-state index in [1.54, 1.807) is 6.07 Å². The van der Waals surface area contributed by atoms with E-state index >= 15 is 0 Å². The number of rotatable bonds is 4. The standard InChI is InChI=1S/C19H14F4N4O2/c20-13-5-3-4-12(10-13)8-9-16(28)25-26-17(29)11-27-15-7-2-1-6-14(15)24-18(27)19(21,22)23/h1-10H,11H2,(H,25,28)(H,26,29)/b9-8+. The van der Waals surface area contributed by atoms with Crippen LogP contribution in [0.3, 0.4) is 0 Å². The van der Waals surface area contributed by atoms with Crippen LogP contribution in [0.4, 0.5) is 17.6 Å². The van der Waals surface area contributed by atoms with Crippen LogP contribution in [0.25, 0.3) is 17.1 Å². The fourth-order valence-electron chi connectivity index (χ4n) is 2.59. The number of nitrogens with one attached hydrogen (secondary N) is 2. The highest BCUT2D eigenvalue weighted by Crippen LogP contribution is 2.31. The molecule has 1 heterocycles. The number of benzene rings is 2. The molecule has 10 heteroatoms. The van der Waals surface area contributed by atoms with E-state index < -0.39 is 36.2 Å². The predicted octanol–water partition coefficient (Wildman–Crippen LogP) is 3.06. The van der Waals surface area contributed by atoms with Gasteiger partial charge in [-0.15, -0.1) is 0 Å². The third-order valence-electron chi connectivity index (χ3n) is 3.81. The number of carbonyl (C=O) groups excluding carboxylic acids is 2. The molecule has 0 radical (unpaired) electrons. The van der Waals surface area contributed by atoms with Gasteiger partial charge in [0.1, 0.15) is 12.4 Å². The van der Waals surface area contributed by atoms with Crippen molar-refractivity contribution in [3.05, 3.63) is 71.8 Å². The Balaban J connectivity index is 1.66. The molecule has 0 spiro atoms. The molecular formula is C19H14F4N4O2. The minimum atomic E-state index is -4.75. The zero-order valence-electron chi connectivity index (χ0n) is 14.7. The topological polar surface area (TPSA) is 76.0 Å². The fraction of sp³-hybridized carbons (Fsp3) is 0.105. The molecule has 2 aromatic carbocycles. The highest BCUT2D eigenvalue weighted by atomic mass is 19.4. The number of hydrogen-bond acceptors (Lipinski definition) is 3. The fourth-order valence-corrected chi connectivity index (χ4v) is 2.59. The molecule has 0 aliphatic carbocycles. The lowest BCUT2D eigenvalue weighted by Gasteiger charge is -2.11. The Labute approximate surface area is 161 Å². The molecule has 150 valence electrons. The monoisotopic (exact) mass is 406 g/mol. The van der Waals surface area contributed by atoms with Gasteiger partial charge in [-0.25, -0.2) is 9.37 Å². The molecule has 29 heavy (non-hydrogen) atoms. The number of fused-ring (bicyclic) bond motifs is 1. The van der Waals surface area contributed by atoms with E-state index in [0.29, 0.717) is 5.56 Å². The lowest BCUT2D eigenvalue weighted by atomic mass is 10.2. The van der Waals surface area contributed by atoms with Crippen molar-refractivity contribution in [1.82, 2.24) is 20.4 Å². The molecule has 0 aliphatic heterocycles. The van der Waals surface area contributed by atoms with Gasteiger partial charge in [-0.05, 0) is 35.9 Å². The van der Waals surface area contributed by atoms with Crippen molar-refractivity contribution in [2.45, 2.75) is 12.7 Å². The van der Waals surface area contributed by atoms with E-state index in [2.05, 4.69) is 10.4 Å². The van der Waals surface area contributed by atoms with Crippen molar-refractivity contribution >= 4 is 28.9 Å². The quantitative estimate of drug-likeness (QED) is 0.397. The van der Waals surface area contributed by atoms with E-state index in [4.69, 9.17) is 0 Å². The Kier molecular flexibility index (Phi) is 5.62. The van der Waals surface area contributed by atoms with Gasteiger partial charge >= 0.3 is 6.18 Å². The summed E-state index contributed by atoms with van der Waals surface area (Å²) >= 11 is 0. The van der Waals surface area contributed by atoms with Gasteiger partial charge in [0.05, 0.1) is 11.0 Å². The van der Waals surface area contributed by atoms with Gasteiger partial charge in [0.15, 0.2) is 0 Å². The van der Waals surface area contributed by atoms with E-state index in [1.165, 1.54) is 48.5 Å². The van der Waals surface area contributed by atoms with E-state index in [-0.39, 0.29) is 11.0 Å². The first-order chi connectivity index (χ1) is 13.7. The normalized spacial score (nSPS) is 11.7. The van der Waals surface area contributed by atoms with Crippen LogP contribution in [0.15, 0.2) is 54.6 Å². The number of para-hydroxylation sites is 2. The summed E-state index contributed by atoms with van der Waals surface area (Å²) in [6.07, 6.45) is -2.39. The largest absolute Gasteiger partial charge is 0.449 e. The molecule has 0 saturated heterocycles. The van der Waals surface area contributed by atoms with E-state index in [9.17, 15) is 27.2 Å². The maximum absolute atomic E-state index is 13.2. The number of alkyl halides is 3. The Morgan fingerprint density at radius 3 is 2.55 bits per heavy atom. The predicted molar refractivity (Wildman–Crippen MR) is 96.5 cm³/mol. The van der Waals surface area contributed by atoms with Crippen LogP contribution in [0.1, 0.15) is 11.4 Å². The van der Waals surface area contributed by atoms with Crippen molar-refractivity contribution in [3.8, 4) is 0 Å². The lowest BCUT2D eigenvalue weighted by Crippen LogP contribution is -2.42. The zero-order valence-corrected chi connectivity index (χ0v) is 14.7. The Hall–Kier alpha value is -3.69. The summed E-state index contributed by atoms with van der Waals surface area (Å²) in [5.74, 6) is -3.32. The summed E-state index contributed by atoms with van der Waals surface area (Å²) in [6, 6.07) is 11.3. The molecule has 3 aromatic rings. The van der Waals surface area contributed by atoms with Crippen LogP contribution in [0.2, 0.25) is 0 Å². The van der Waals surface area contributed by atoms with Crippen LogP contribution >= 0.6 is 0 Å². The average Bonchev–Trinajstić information content (AvgIpc) is 3.04. The van der Waals surface area contributed by atoms with Crippen LogP contribution in [0, 0.1) is 5.82 Å². The number of carbonyl (C=O) groups is 2. The Morgan fingerprint density at radius 1 is 1.07 bits per heavy atom. The third-order valence-corrected chi connectivity index (χ3v) is 3.81. The highest BCUT2D eigenvalue weighted by molar-refractivity contribution is 5.93. The number of hydrogen-bond donors (Lipinski definition) is 2.